The van der Waals surface area contributed by atoms with E-state index >= 15 is 0 Å². The lowest BCUT2D eigenvalue weighted by Crippen LogP contribution is -2.14. The molecule has 0 aliphatic carbocycles. The molecule has 3 aromatic rings. The van der Waals surface area contributed by atoms with Crippen LogP contribution in [0.1, 0.15) is 11.1 Å². The third-order valence-corrected chi connectivity index (χ3v) is 3.53. The first kappa shape index (κ1) is 13.4. The van der Waals surface area contributed by atoms with Gasteiger partial charge in [0.05, 0.1) is 6.42 Å². The zero-order valence-corrected chi connectivity index (χ0v) is 12.0. The Hall–Kier alpha value is -2.61. The van der Waals surface area contributed by atoms with Gasteiger partial charge in [-0.1, -0.05) is 54.6 Å². The molecule has 1 amide bonds. The monoisotopic (exact) mass is 275 g/mol. The molecule has 0 heterocycles. The Bertz CT molecular complexity index is 787. The molecule has 3 rings (SSSR count). The second kappa shape index (κ2) is 5.80. The van der Waals surface area contributed by atoms with E-state index in [2.05, 4.69) is 23.5 Å². The zero-order chi connectivity index (χ0) is 14.7. The predicted octanol–water partition coefficient (Wildman–Crippen LogP) is 4.33. The van der Waals surface area contributed by atoms with Crippen molar-refractivity contribution in [3.05, 3.63) is 77.9 Å². The number of carbonyl (C=O) groups is 1. The molecule has 0 spiro atoms. The quantitative estimate of drug-likeness (QED) is 0.757. The Labute approximate surface area is 124 Å². The van der Waals surface area contributed by atoms with Crippen LogP contribution in [0, 0.1) is 6.92 Å². The Balaban J connectivity index is 1.80. The van der Waals surface area contributed by atoms with E-state index in [1.165, 1.54) is 5.39 Å². The van der Waals surface area contributed by atoms with Crippen molar-refractivity contribution in [2.45, 2.75) is 13.3 Å². The second-order valence-electron chi connectivity index (χ2n) is 5.23. The minimum absolute atomic E-state index is 0.0111. The van der Waals surface area contributed by atoms with Crippen LogP contribution in [0.5, 0.6) is 0 Å². The number of nitrogens with one attached hydrogen (secondary N) is 1. The summed E-state index contributed by atoms with van der Waals surface area (Å²) < 4.78 is 0. The fraction of sp³-hybridized carbons (Fsp3) is 0.105. The number of benzene rings is 3. The van der Waals surface area contributed by atoms with Crippen LogP contribution in [0.15, 0.2) is 66.7 Å². The SMILES string of the molecule is Cc1cccc(NC(=O)Cc2cccc3ccccc23)c1. The predicted molar refractivity (Wildman–Crippen MR) is 87.5 cm³/mol. The summed E-state index contributed by atoms with van der Waals surface area (Å²) in [6.45, 7) is 2.01. The molecule has 3 aromatic carbocycles. The molecule has 0 saturated heterocycles. The van der Waals surface area contributed by atoms with Crippen molar-refractivity contribution < 1.29 is 4.79 Å². The van der Waals surface area contributed by atoms with E-state index in [-0.39, 0.29) is 5.91 Å². The molecule has 2 heteroatoms. The molecule has 1 N–H and O–H groups in total. The number of rotatable bonds is 3. The van der Waals surface area contributed by atoms with E-state index in [4.69, 9.17) is 0 Å². The minimum atomic E-state index is 0.0111. The number of amides is 1. The molecule has 2 nitrogen and oxygen atoms in total. The van der Waals surface area contributed by atoms with E-state index in [0.717, 1.165) is 22.2 Å². The molecule has 0 aliphatic rings. The van der Waals surface area contributed by atoms with Gasteiger partial charge in [-0.2, -0.15) is 0 Å². The highest BCUT2D eigenvalue weighted by Gasteiger charge is 2.07. The van der Waals surface area contributed by atoms with Crippen LogP contribution in [-0.4, -0.2) is 5.91 Å². The molecule has 104 valence electrons. The number of anilines is 1. The first-order valence-corrected chi connectivity index (χ1v) is 7.05. The van der Waals surface area contributed by atoms with Gasteiger partial charge in [-0.05, 0) is 41.0 Å². The first-order valence-electron chi connectivity index (χ1n) is 7.05. The average Bonchev–Trinajstić information content (AvgIpc) is 2.47. The van der Waals surface area contributed by atoms with Gasteiger partial charge in [0.1, 0.15) is 0 Å². The van der Waals surface area contributed by atoms with Crippen molar-refractivity contribution in [2.24, 2.45) is 0 Å². The van der Waals surface area contributed by atoms with Crippen LogP contribution >= 0.6 is 0 Å². The van der Waals surface area contributed by atoms with Crippen LogP contribution in [0.3, 0.4) is 0 Å². The fourth-order valence-corrected chi connectivity index (χ4v) is 2.55. The largest absolute Gasteiger partial charge is 0.326 e. The molecular weight excluding hydrogens is 258 g/mol. The van der Waals surface area contributed by atoms with Crippen molar-refractivity contribution in [1.29, 1.82) is 0 Å². The van der Waals surface area contributed by atoms with Gasteiger partial charge >= 0.3 is 0 Å². The van der Waals surface area contributed by atoms with Crippen molar-refractivity contribution >= 4 is 22.4 Å². The van der Waals surface area contributed by atoms with Gasteiger partial charge in [0.15, 0.2) is 0 Å². The van der Waals surface area contributed by atoms with E-state index in [0.29, 0.717) is 6.42 Å². The number of aryl methyl sites for hydroxylation is 1. The highest BCUT2D eigenvalue weighted by Crippen LogP contribution is 2.19. The highest BCUT2D eigenvalue weighted by molar-refractivity contribution is 5.96. The van der Waals surface area contributed by atoms with Crippen molar-refractivity contribution in [3.63, 3.8) is 0 Å². The Kier molecular flexibility index (Phi) is 3.69. The maximum Gasteiger partial charge on any atom is 0.228 e. The van der Waals surface area contributed by atoms with E-state index in [1.807, 2.05) is 55.5 Å². The molecule has 0 fully saturated rings. The molecule has 0 saturated carbocycles. The third kappa shape index (κ3) is 3.11. The topological polar surface area (TPSA) is 29.1 Å². The number of hydrogen-bond acceptors (Lipinski definition) is 1. The standard InChI is InChI=1S/C19H17NO/c1-14-6-4-10-17(12-14)20-19(21)13-16-9-5-8-15-7-2-3-11-18(15)16/h2-12H,13H2,1H3,(H,20,21). The van der Waals surface area contributed by atoms with Crippen molar-refractivity contribution in [3.8, 4) is 0 Å². The lowest BCUT2D eigenvalue weighted by atomic mass is 10.0. The highest BCUT2D eigenvalue weighted by atomic mass is 16.1. The molecule has 0 unspecified atom stereocenters. The third-order valence-electron chi connectivity index (χ3n) is 3.53. The van der Waals surface area contributed by atoms with E-state index < -0.39 is 0 Å². The van der Waals surface area contributed by atoms with Crippen molar-refractivity contribution in [1.82, 2.24) is 0 Å². The summed E-state index contributed by atoms with van der Waals surface area (Å²) in [5, 5.41) is 5.26. The van der Waals surface area contributed by atoms with Crippen LogP contribution in [0.2, 0.25) is 0 Å². The summed E-state index contributed by atoms with van der Waals surface area (Å²) in [4.78, 5) is 12.2. The lowest BCUT2D eigenvalue weighted by Gasteiger charge is -2.08. The van der Waals surface area contributed by atoms with Crippen LogP contribution in [0.25, 0.3) is 10.8 Å². The van der Waals surface area contributed by atoms with Crippen LogP contribution < -0.4 is 5.32 Å². The fourth-order valence-electron chi connectivity index (χ4n) is 2.55. The zero-order valence-electron chi connectivity index (χ0n) is 12.0. The molecule has 0 atom stereocenters. The second-order valence-corrected chi connectivity index (χ2v) is 5.23. The minimum Gasteiger partial charge on any atom is -0.326 e. The van der Waals surface area contributed by atoms with Gasteiger partial charge in [-0.25, -0.2) is 0 Å². The molecule has 0 aromatic heterocycles. The maximum absolute atomic E-state index is 12.2. The Morgan fingerprint density at radius 3 is 2.57 bits per heavy atom. The van der Waals surface area contributed by atoms with Gasteiger partial charge < -0.3 is 5.32 Å². The van der Waals surface area contributed by atoms with E-state index in [9.17, 15) is 4.79 Å². The summed E-state index contributed by atoms with van der Waals surface area (Å²) in [7, 11) is 0. The van der Waals surface area contributed by atoms with Crippen LogP contribution in [0.4, 0.5) is 5.69 Å². The molecule has 21 heavy (non-hydrogen) atoms. The number of carbonyl (C=O) groups excluding carboxylic acids is 1. The van der Waals surface area contributed by atoms with Crippen molar-refractivity contribution in [2.75, 3.05) is 5.32 Å². The summed E-state index contributed by atoms with van der Waals surface area (Å²) in [6, 6.07) is 22.1. The summed E-state index contributed by atoms with van der Waals surface area (Å²) in [5.74, 6) is 0.0111. The molecule has 0 radical (unpaired) electrons. The lowest BCUT2D eigenvalue weighted by molar-refractivity contribution is -0.115. The van der Waals surface area contributed by atoms with Crippen LogP contribution in [-0.2, 0) is 11.2 Å². The Morgan fingerprint density at radius 2 is 1.71 bits per heavy atom. The first-order chi connectivity index (χ1) is 10.2. The summed E-state index contributed by atoms with van der Waals surface area (Å²) in [6.07, 6.45) is 0.384. The molecule has 0 aliphatic heterocycles. The number of fused-ring (bicyclic) bond motifs is 1. The summed E-state index contributed by atoms with van der Waals surface area (Å²) >= 11 is 0. The number of hydrogen-bond donors (Lipinski definition) is 1. The van der Waals surface area contributed by atoms with Gasteiger partial charge in [-0.15, -0.1) is 0 Å². The summed E-state index contributed by atoms with van der Waals surface area (Å²) in [5.41, 5.74) is 3.04. The van der Waals surface area contributed by atoms with Gasteiger partial charge in [0.2, 0.25) is 5.91 Å². The van der Waals surface area contributed by atoms with Gasteiger partial charge in [0, 0.05) is 5.69 Å². The van der Waals surface area contributed by atoms with Gasteiger partial charge in [0.25, 0.3) is 0 Å². The maximum atomic E-state index is 12.2. The normalized spacial score (nSPS) is 10.5. The van der Waals surface area contributed by atoms with E-state index in [1.54, 1.807) is 0 Å². The average molecular weight is 275 g/mol. The van der Waals surface area contributed by atoms with Gasteiger partial charge in [-0.3, -0.25) is 4.79 Å². The smallest absolute Gasteiger partial charge is 0.228 e. The molecular formula is C19H17NO. The Morgan fingerprint density at radius 1 is 0.952 bits per heavy atom. The molecule has 0 bridgehead atoms.